The van der Waals surface area contributed by atoms with E-state index in [9.17, 15) is 9.59 Å². The van der Waals surface area contributed by atoms with Gasteiger partial charge in [0.05, 0.1) is 13.0 Å². The van der Waals surface area contributed by atoms with Gasteiger partial charge in [0.1, 0.15) is 0 Å². The molecule has 0 saturated carbocycles. The molecule has 1 atom stereocenters. The lowest BCUT2D eigenvalue weighted by atomic mass is 10.2. The Balaban J connectivity index is 2.36. The van der Waals surface area contributed by atoms with Gasteiger partial charge in [0.15, 0.2) is 0 Å². The predicted octanol–water partition coefficient (Wildman–Crippen LogP) is 0.795. The van der Waals surface area contributed by atoms with E-state index in [4.69, 9.17) is 5.11 Å². The number of hydrogen-bond donors (Lipinski definition) is 2. The molecule has 5 nitrogen and oxygen atoms in total. The van der Waals surface area contributed by atoms with E-state index >= 15 is 0 Å². The molecule has 0 bridgehead atoms. The zero-order valence-electron chi connectivity index (χ0n) is 10.9. The van der Waals surface area contributed by atoms with Crippen LogP contribution in [-0.2, 0) is 9.59 Å². The Morgan fingerprint density at radius 1 is 1.50 bits per heavy atom. The molecule has 18 heavy (non-hydrogen) atoms. The van der Waals surface area contributed by atoms with Gasteiger partial charge in [-0.25, -0.2) is 0 Å². The first-order valence-corrected chi connectivity index (χ1v) is 7.59. The third-order valence-corrected chi connectivity index (χ3v) is 4.05. The number of rotatable bonds is 7. The monoisotopic (exact) mass is 274 g/mol. The molecule has 0 spiro atoms. The standard InChI is InChI=1S/C12H22N2O3S/c1-2-3-4-13-11(15)8-14-5-6-18-9-10(14)7-12(16)17/h10H,2-9H2,1H3,(H,13,15)(H,16,17). The van der Waals surface area contributed by atoms with E-state index in [1.165, 1.54) is 0 Å². The molecule has 104 valence electrons. The summed E-state index contributed by atoms with van der Waals surface area (Å²) >= 11 is 1.76. The average molecular weight is 274 g/mol. The number of carbonyl (C=O) groups excluding carboxylic acids is 1. The van der Waals surface area contributed by atoms with Gasteiger partial charge in [0.25, 0.3) is 0 Å². The lowest BCUT2D eigenvalue weighted by Gasteiger charge is -2.33. The number of carboxylic acids is 1. The molecule has 0 aromatic heterocycles. The fourth-order valence-electron chi connectivity index (χ4n) is 1.93. The maximum absolute atomic E-state index is 11.7. The van der Waals surface area contributed by atoms with Gasteiger partial charge in [-0.05, 0) is 6.42 Å². The number of amides is 1. The largest absolute Gasteiger partial charge is 0.481 e. The van der Waals surface area contributed by atoms with E-state index < -0.39 is 5.97 Å². The fourth-order valence-corrected chi connectivity index (χ4v) is 3.06. The van der Waals surface area contributed by atoms with Crippen molar-refractivity contribution < 1.29 is 14.7 Å². The second-order valence-corrected chi connectivity index (χ2v) is 5.65. The highest BCUT2D eigenvalue weighted by atomic mass is 32.2. The molecule has 1 amide bonds. The molecule has 1 aliphatic rings. The number of nitrogens with zero attached hydrogens (tertiary/aromatic N) is 1. The smallest absolute Gasteiger partial charge is 0.304 e. The maximum Gasteiger partial charge on any atom is 0.304 e. The van der Waals surface area contributed by atoms with Crippen LogP contribution in [0.2, 0.25) is 0 Å². The van der Waals surface area contributed by atoms with Crippen LogP contribution in [0.4, 0.5) is 0 Å². The first-order chi connectivity index (χ1) is 8.63. The minimum atomic E-state index is -0.793. The molecule has 2 N–H and O–H groups in total. The van der Waals surface area contributed by atoms with Crippen molar-refractivity contribution in [1.29, 1.82) is 0 Å². The van der Waals surface area contributed by atoms with Gasteiger partial charge in [0, 0.05) is 30.6 Å². The minimum Gasteiger partial charge on any atom is -0.481 e. The molecular formula is C12H22N2O3S. The van der Waals surface area contributed by atoms with Crippen LogP contribution in [0.25, 0.3) is 0 Å². The van der Waals surface area contributed by atoms with Crippen LogP contribution in [-0.4, -0.2) is 59.1 Å². The second kappa shape index (κ2) is 8.37. The topological polar surface area (TPSA) is 69.6 Å². The highest BCUT2D eigenvalue weighted by Crippen LogP contribution is 2.18. The summed E-state index contributed by atoms with van der Waals surface area (Å²) in [7, 11) is 0. The van der Waals surface area contributed by atoms with E-state index in [2.05, 4.69) is 12.2 Å². The first kappa shape index (κ1) is 15.3. The number of hydrogen-bond acceptors (Lipinski definition) is 4. The molecule has 1 heterocycles. The SMILES string of the molecule is CCCCNC(=O)CN1CCSCC1CC(=O)O. The normalized spacial score (nSPS) is 20.6. The van der Waals surface area contributed by atoms with Crippen molar-refractivity contribution in [2.24, 2.45) is 0 Å². The Morgan fingerprint density at radius 2 is 2.28 bits per heavy atom. The Morgan fingerprint density at radius 3 is 2.94 bits per heavy atom. The summed E-state index contributed by atoms with van der Waals surface area (Å²) in [4.78, 5) is 24.5. The molecule has 6 heteroatoms. The van der Waals surface area contributed by atoms with Crippen LogP contribution in [0.15, 0.2) is 0 Å². The van der Waals surface area contributed by atoms with Gasteiger partial charge in [-0.15, -0.1) is 0 Å². The van der Waals surface area contributed by atoms with Crippen molar-refractivity contribution >= 4 is 23.6 Å². The van der Waals surface area contributed by atoms with E-state index in [1.54, 1.807) is 11.8 Å². The van der Waals surface area contributed by atoms with E-state index in [1.807, 2.05) is 4.90 Å². The summed E-state index contributed by atoms with van der Waals surface area (Å²) in [6.45, 7) is 3.91. The van der Waals surface area contributed by atoms with Gasteiger partial charge in [-0.1, -0.05) is 13.3 Å². The van der Waals surface area contributed by atoms with E-state index in [-0.39, 0.29) is 18.4 Å². The Bertz CT molecular complexity index is 286. The van der Waals surface area contributed by atoms with Crippen molar-refractivity contribution in [3.8, 4) is 0 Å². The van der Waals surface area contributed by atoms with Gasteiger partial charge in [-0.2, -0.15) is 11.8 Å². The quantitative estimate of drug-likeness (QED) is 0.672. The highest BCUT2D eigenvalue weighted by Gasteiger charge is 2.26. The van der Waals surface area contributed by atoms with Crippen molar-refractivity contribution in [2.45, 2.75) is 32.2 Å². The molecular weight excluding hydrogens is 252 g/mol. The number of carbonyl (C=O) groups is 2. The molecule has 1 aliphatic heterocycles. The zero-order chi connectivity index (χ0) is 13.4. The molecule has 0 aromatic carbocycles. The van der Waals surface area contributed by atoms with Crippen LogP contribution >= 0.6 is 11.8 Å². The number of nitrogens with one attached hydrogen (secondary N) is 1. The molecule has 0 aromatic rings. The van der Waals surface area contributed by atoms with Crippen LogP contribution in [0.5, 0.6) is 0 Å². The summed E-state index contributed by atoms with van der Waals surface area (Å²) in [5.41, 5.74) is 0. The lowest BCUT2D eigenvalue weighted by Crippen LogP contribution is -2.48. The van der Waals surface area contributed by atoms with Crippen LogP contribution < -0.4 is 5.32 Å². The Kier molecular flexibility index (Phi) is 7.12. The molecule has 1 fully saturated rings. The molecule has 0 aliphatic carbocycles. The van der Waals surface area contributed by atoms with Crippen LogP contribution in [0.1, 0.15) is 26.2 Å². The van der Waals surface area contributed by atoms with Crippen molar-refractivity contribution in [3.05, 3.63) is 0 Å². The Labute approximate surface area is 112 Å². The minimum absolute atomic E-state index is 0.00531. The zero-order valence-corrected chi connectivity index (χ0v) is 11.7. The van der Waals surface area contributed by atoms with Gasteiger partial charge in [0.2, 0.25) is 5.91 Å². The summed E-state index contributed by atoms with van der Waals surface area (Å²) in [6.07, 6.45) is 2.16. The predicted molar refractivity (Wildman–Crippen MR) is 72.9 cm³/mol. The van der Waals surface area contributed by atoms with Gasteiger partial charge in [-0.3, -0.25) is 14.5 Å². The molecule has 0 radical (unpaired) electrons. The average Bonchev–Trinajstić information content (AvgIpc) is 2.31. The van der Waals surface area contributed by atoms with Gasteiger partial charge >= 0.3 is 5.97 Å². The number of aliphatic carboxylic acids is 1. The third kappa shape index (κ3) is 5.73. The summed E-state index contributed by atoms with van der Waals surface area (Å²) in [5, 5.41) is 11.7. The molecule has 1 unspecified atom stereocenters. The maximum atomic E-state index is 11.7. The van der Waals surface area contributed by atoms with Crippen molar-refractivity contribution in [2.75, 3.05) is 31.1 Å². The highest BCUT2D eigenvalue weighted by molar-refractivity contribution is 7.99. The van der Waals surface area contributed by atoms with Crippen molar-refractivity contribution in [3.63, 3.8) is 0 Å². The number of unbranched alkanes of at least 4 members (excludes halogenated alkanes) is 1. The van der Waals surface area contributed by atoms with E-state index in [0.29, 0.717) is 13.1 Å². The van der Waals surface area contributed by atoms with Gasteiger partial charge < -0.3 is 10.4 Å². The van der Waals surface area contributed by atoms with Crippen molar-refractivity contribution in [1.82, 2.24) is 10.2 Å². The number of thioether (sulfide) groups is 1. The van der Waals surface area contributed by atoms with E-state index in [0.717, 1.165) is 30.9 Å². The second-order valence-electron chi connectivity index (χ2n) is 4.50. The first-order valence-electron chi connectivity index (χ1n) is 6.43. The molecule has 1 saturated heterocycles. The summed E-state index contributed by atoms with van der Waals surface area (Å²) in [5.74, 6) is 0.983. The van der Waals surface area contributed by atoms with Crippen LogP contribution in [0.3, 0.4) is 0 Å². The summed E-state index contributed by atoms with van der Waals surface area (Å²) < 4.78 is 0. The Hall–Kier alpha value is -0.750. The lowest BCUT2D eigenvalue weighted by molar-refractivity contribution is -0.138. The molecule has 1 rings (SSSR count). The van der Waals surface area contributed by atoms with Crippen LogP contribution in [0, 0.1) is 0 Å². The fraction of sp³-hybridized carbons (Fsp3) is 0.833. The third-order valence-electron chi connectivity index (χ3n) is 2.96. The summed E-state index contributed by atoms with van der Waals surface area (Å²) in [6, 6.07) is -0.0156. The number of carboxylic acid groups (broad SMARTS) is 1.